The van der Waals surface area contributed by atoms with E-state index in [-0.39, 0.29) is 17.5 Å². The number of piperazine rings is 1. The van der Waals surface area contributed by atoms with Crippen molar-refractivity contribution in [2.75, 3.05) is 33.3 Å². The second kappa shape index (κ2) is 10.8. The van der Waals surface area contributed by atoms with Crippen LogP contribution in [0.1, 0.15) is 26.4 Å². The molecule has 5 rings (SSSR count). The average Bonchev–Trinajstić information content (AvgIpc) is 3.33. The van der Waals surface area contributed by atoms with Crippen molar-refractivity contribution in [1.82, 2.24) is 14.4 Å². The Kier molecular flexibility index (Phi) is 7.14. The largest absolute Gasteiger partial charge is 0.497 e. The molecular weight excluding hydrogens is 496 g/mol. The van der Waals surface area contributed by atoms with Gasteiger partial charge in [0.1, 0.15) is 5.75 Å². The summed E-state index contributed by atoms with van der Waals surface area (Å²) in [6.07, 6.45) is 0. The average molecular weight is 525 g/mol. The first-order chi connectivity index (χ1) is 18.9. The van der Waals surface area contributed by atoms with E-state index in [1.807, 2.05) is 67.6 Å². The fraction of sp³-hybridized carbons (Fsp3) is 0.200. The van der Waals surface area contributed by atoms with Gasteiger partial charge in [-0.15, -0.1) is 0 Å². The Morgan fingerprint density at radius 3 is 2.08 bits per heavy atom. The smallest absolute Gasteiger partial charge is 0.269 e. The molecule has 0 radical (unpaired) electrons. The van der Waals surface area contributed by atoms with Gasteiger partial charge in [-0.05, 0) is 49.4 Å². The molecular formula is C30H28N4O5. The Morgan fingerprint density at radius 2 is 1.46 bits per heavy atom. The van der Waals surface area contributed by atoms with Crippen molar-refractivity contribution < 1.29 is 19.2 Å². The number of carbonyl (C=O) groups is 2. The Morgan fingerprint density at radius 1 is 0.821 bits per heavy atom. The molecule has 1 saturated heterocycles. The van der Waals surface area contributed by atoms with E-state index < -0.39 is 4.92 Å². The molecule has 2 amide bonds. The molecule has 0 N–H and O–H groups in total. The van der Waals surface area contributed by atoms with Crippen LogP contribution in [-0.2, 0) is 0 Å². The van der Waals surface area contributed by atoms with Gasteiger partial charge in [-0.3, -0.25) is 19.7 Å². The molecule has 0 unspecified atom stereocenters. The number of para-hydroxylation sites is 1. The van der Waals surface area contributed by atoms with Crippen LogP contribution in [0.5, 0.6) is 5.75 Å². The molecule has 0 aliphatic carbocycles. The maximum atomic E-state index is 13.7. The number of hydrogen-bond donors (Lipinski definition) is 0. The first kappa shape index (κ1) is 25.7. The van der Waals surface area contributed by atoms with Crippen LogP contribution in [0.3, 0.4) is 0 Å². The third kappa shape index (κ3) is 5.11. The van der Waals surface area contributed by atoms with E-state index in [0.29, 0.717) is 37.3 Å². The standard InChI is InChI=1S/C30H28N4O5/c1-21-27(20-28(23-7-6-10-26(19-23)39-2)33(21)24-8-4-3-5-9-24)30(36)32-17-15-31(16-18-32)29(35)22-11-13-25(14-12-22)34(37)38/h3-14,19-20H,15-18H2,1-2H3. The summed E-state index contributed by atoms with van der Waals surface area (Å²) in [5.41, 5.74) is 4.52. The lowest BCUT2D eigenvalue weighted by Gasteiger charge is -2.34. The normalized spacial score (nSPS) is 13.3. The topological polar surface area (TPSA) is 97.9 Å². The molecule has 1 aliphatic heterocycles. The van der Waals surface area contributed by atoms with Crippen LogP contribution in [-0.4, -0.2) is 64.4 Å². The lowest BCUT2D eigenvalue weighted by atomic mass is 10.1. The first-order valence-corrected chi connectivity index (χ1v) is 12.6. The number of hydrogen-bond acceptors (Lipinski definition) is 5. The van der Waals surface area contributed by atoms with Crippen LogP contribution in [0, 0.1) is 17.0 Å². The number of nitro groups is 1. The molecule has 1 aliphatic rings. The molecule has 0 saturated carbocycles. The highest BCUT2D eigenvalue weighted by Crippen LogP contribution is 2.32. The third-order valence-electron chi connectivity index (χ3n) is 7.04. The molecule has 4 aromatic rings. The molecule has 3 aromatic carbocycles. The van der Waals surface area contributed by atoms with Crippen molar-refractivity contribution in [3.05, 3.63) is 112 Å². The molecule has 0 spiro atoms. The first-order valence-electron chi connectivity index (χ1n) is 12.6. The van der Waals surface area contributed by atoms with E-state index in [2.05, 4.69) is 4.57 Å². The van der Waals surface area contributed by atoms with Crippen molar-refractivity contribution in [2.45, 2.75) is 6.92 Å². The lowest BCUT2D eigenvalue weighted by molar-refractivity contribution is -0.384. The number of nitro benzene ring substituents is 1. The Hall–Kier alpha value is -4.92. The number of methoxy groups -OCH3 is 1. The third-order valence-corrected chi connectivity index (χ3v) is 7.04. The summed E-state index contributed by atoms with van der Waals surface area (Å²) in [5, 5.41) is 10.9. The van der Waals surface area contributed by atoms with E-state index in [1.54, 1.807) is 16.9 Å². The van der Waals surface area contributed by atoms with Gasteiger partial charge in [-0.25, -0.2) is 0 Å². The number of aromatic nitrogens is 1. The fourth-order valence-corrected chi connectivity index (χ4v) is 4.92. The molecule has 0 bridgehead atoms. The fourth-order valence-electron chi connectivity index (χ4n) is 4.92. The molecule has 39 heavy (non-hydrogen) atoms. The lowest BCUT2D eigenvalue weighted by Crippen LogP contribution is -2.50. The number of nitrogens with zero attached hydrogens (tertiary/aromatic N) is 4. The zero-order valence-electron chi connectivity index (χ0n) is 21.7. The summed E-state index contributed by atoms with van der Waals surface area (Å²) >= 11 is 0. The van der Waals surface area contributed by atoms with Crippen LogP contribution >= 0.6 is 0 Å². The van der Waals surface area contributed by atoms with Gasteiger partial charge in [0.25, 0.3) is 17.5 Å². The second-order valence-electron chi connectivity index (χ2n) is 9.32. The molecule has 9 heteroatoms. The van der Waals surface area contributed by atoms with Gasteiger partial charge in [0.15, 0.2) is 0 Å². The van der Waals surface area contributed by atoms with E-state index in [9.17, 15) is 19.7 Å². The summed E-state index contributed by atoms with van der Waals surface area (Å²) in [4.78, 5) is 40.5. The van der Waals surface area contributed by atoms with Gasteiger partial charge < -0.3 is 19.1 Å². The van der Waals surface area contributed by atoms with Crippen LogP contribution in [0.2, 0.25) is 0 Å². The molecule has 1 aromatic heterocycles. The highest BCUT2D eigenvalue weighted by molar-refractivity contribution is 5.98. The highest BCUT2D eigenvalue weighted by atomic mass is 16.6. The van der Waals surface area contributed by atoms with Crippen molar-refractivity contribution in [2.24, 2.45) is 0 Å². The Balaban J connectivity index is 1.38. The molecule has 2 heterocycles. The highest BCUT2D eigenvalue weighted by Gasteiger charge is 2.28. The summed E-state index contributed by atoms with van der Waals surface area (Å²) in [6, 6.07) is 25.2. The van der Waals surface area contributed by atoms with Gasteiger partial charge in [-0.1, -0.05) is 30.3 Å². The van der Waals surface area contributed by atoms with Crippen molar-refractivity contribution in [1.29, 1.82) is 0 Å². The summed E-state index contributed by atoms with van der Waals surface area (Å²) < 4.78 is 7.51. The van der Waals surface area contributed by atoms with Crippen LogP contribution < -0.4 is 4.74 Å². The van der Waals surface area contributed by atoms with Crippen LogP contribution in [0.25, 0.3) is 16.9 Å². The van der Waals surface area contributed by atoms with E-state index in [1.165, 1.54) is 24.3 Å². The van der Waals surface area contributed by atoms with E-state index in [0.717, 1.165) is 28.4 Å². The predicted octanol–water partition coefficient (Wildman–Crippen LogP) is 4.97. The van der Waals surface area contributed by atoms with Gasteiger partial charge in [0.05, 0.1) is 23.3 Å². The molecule has 1 fully saturated rings. The number of benzene rings is 3. The number of ether oxygens (including phenoxy) is 1. The van der Waals surface area contributed by atoms with Crippen molar-refractivity contribution in [3.63, 3.8) is 0 Å². The SMILES string of the molecule is COc1cccc(-c2cc(C(=O)N3CCN(C(=O)c4ccc([N+](=O)[O-])cc4)CC3)c(C)n2-c2ccccc2)c1. The maximum Gasteiger partial charge on any atom is 0.269 e. The van der Waals surface area contributed by atoms with Gasteiger partial charge in [0.2, 0.25) is 0 Å². The minimum absolute atomic E-state index is 0.0620. The van der Waals surface area contributed by atoms with E-state index >= 15 is 0 Å². The minimum Gasteiger partial charge on any atom is -0.497 e. The number of amides is 2. The number of rotatable bonds is 6. The predicted molar refractivity (Wildman–Crippen MR) is 147 cm³/mol. The quantitative estimate of drug-likeness (QED) is 0.262. The Bertz CT molecular complexity index is 1520. The van der Waals surface area contributed by atoms with Crippen LogP contribution in [0.15, 0.2) is 84.9 Å². The van der Waals surface area contributed by atoms with Gasteiger partial charge >= 0.3 is 0 Å². The summed E-state index contributed by atoms with van der Waals surface area (Å²) in [5.74, 6) is 0.435. The van der Waals surface area contributed by atoms with E-state index in [4.69, 9.17) is 4.74 Å². The van der Waals surface area contributed by atoms with Gasteiger partial charge in [0, 0.05) is 60.8 Å². The summed E-state index contributed by atoms with van der Waals surface area (Å²) in [6.45, 7) is 3.48. The van der Waals surface area contributed by atoms with Gasteiger partial charge in [-0.2, -0.15) is 0 Å². The molecule has 9 nitrogen and oxygen atoms in total. The van der Waals surface area contributed by atoms with Crippen LogP contribution in [0.4, 0.5) is 5.69 Å². The van der Waals surface area contributed by atoms with Crippen molar-refractivity contribution in [3.8, 4) is 22.7 Å². The zero-order chi connectivity index (χ0) is 27.5. The Labute approximate surface area is 226 Å². The zero-order valence-corrected chi connectivity index (χ0v) is 21.7. The summed E-state index contributed by atoms with van der Waals surface area (Å²) in [7, 11) is 1.63. The van der Waals surface area contributed by atoms with Crippen molar-refractivity contribution >= 4 is 17.5 Å². The number of carbonyl (C=O) groups excluding carboxylic acids is 2. The maximum absolute atomic E-state index is 13.7. The second-order valence-corrected chi connectivity index (χ2v) is 9.32. The molecule has 198 valence electrons. The monoisotopic (exact) mass is 524 g/mol. The number of non-ortho nitro benzene ring substituents is 1. The minimum atomic E-state index is -0.495. The molecule has 0 atom stereocenters.